The third-order valence-electron chi connectivity index (χ3n) is 7.19. The maximum absolute atomic E-state index is 15.0. The largest absolute Gasteiger partial charge is 0.416 e. The predicted molar refractivity (Wildman–Crippen MR) is 140 cm³/mol. The minimum Gasteiger partial charge on any atom is -0.388 e. The van der Waals surface area contributed by atoms with Crippen molar-refractivity contribution in [1.82, 2.24) is 4.90 Å². The van der Waals surface area contributed by atoms with E-state index in [9.17, 15) is 27.2 Å². The monoisotopic (exact) mass is 536 g/mol. The summed E-state index contributed by atoms with van der Waals surface area (Å²) in [6.45, 7) is -0.222. The van der Waals surface area contributed by atoms with E-state index in [1.165, 1.54) is 29.2 Å². The maximum atomic E-state index is 15.0. The Bertz CT molecular complexity index is 1470. The van der Waals surface area contributed by atoms with Gasteiger partial charge >= 0.3 is 6.18 Å². The summed E-state index contributed by atoms with van der Waals surface area (Å²) >= 11 is 0. The molecule has 2 aliphatic rings. The number of rotatable bonds is 5. The van der Waals surface area contributed by atoms with E-state index in [1.807, 2.05) is 29.2 Å². The normalized spacial score (nSPS) is 16.8. The Hall–Kier alpha value is -4.52. The van der Waals surface area contributed by atoms with Crippen molar-refractivity contribution >= 4 is 28.9 Å². The number of piperazine rings is 1. The Kier molecular flexibility index (Phi) is 6.46. The second-order valence-corrected chi connectivity index (χ2v) is 9.56. The molecule has 0 bridgehead atoms. The molecular weight excluding hydrogens is 512 g/mol. The first kappa shape index (κ1) is 26.1. The highest BCUT2D eigenvalue weighted by Gasteiger charge is 2.60. The van der Waals surface area contributed by atoms with Crippen LogP contribution in [0.5, 0.6) is 0 Å². The van der Waals surface area contributed by atoms with Crippen LogP contribution >= 0.6 is 0 Å². The summed E-state index contributed by atoms with van der Waals surface area (Å²) in [6.07, 6.45) is 0.862. The summed E-state index contributed by atoms with van der Waals surface area (Å²) in [5.41, 5.74) is 0.212. The molecule has 2 saturated heterocycles. The van der Waals surface area contributed by atoms with Crippen molar-refractivity contribution in [2.45, 2.75) is 18.3 Å². The fourth-order valence-corrected chi connectivity index (χ4v) is 5.06. The summed E-state index contributed by atoms with van der Waals surface area (Å²) < 4.78 is 54.1. The Morgan fingerprint density at radius 3 is 2.36 bits per heavy atom. The van der Waals surface area contributed by atoms with Gasteiger partial charge in [0.25, 0.3) is 5.91 Å². The molecule has 6 nitrogen and oxygen atoms in total. The van der Waals surface area contributed by atoms with Crippen LogP contribution in [-0.4, -0.2) is 48.9 Å². The van der Waals surface area contributed by atoms with Crippen molar-refractivity contribution in [2.75, 3.05) is 41.8 Å². The lowest BCUT2D eigenvalue weighted by atomic mass is 9.82. The van der Waals surface area contributed by atoms with Crippen LogP contribution in [-0.2, 0) is 22.3 Å². The van der Waals surface area contributed by atoms with Gasteiger partial charge in [-0.3, -0.25) is 14.5 Å². The average molecular weight is 537 g/mol. The highest BCUT2D eigenvalue weighted by Crippen LogP contribution is 2.40. The molecule has 2 fully saturated rings. The van der Waals surface area contributed by atoms with Crippen LogP contribution in [0.3, 0.4) is 0 Å². The van der Waals surface area contributed by atoms with Gasteiger partial charge < -0.3 is 15.1 Å². The number of carbonyl (C=O) groups excluding carboxylic acids is 2. The second kappa shape index (κ2) is 9.66. The van der Waals surface area contributed by atoms with Gasteiger partial charge in [0.1, 0.15) is 12.4 Å². The van der Waals surface area contributed by atoms with E-state index in [2.05, 4.69) is 11.2 Å². The number of halogens is 4. The third-order valence-corrected chi connectivity index (χ3v) is 7.19. The van der Waals surface area contributed by atoms with E-state index in [0.29, 0.717) is 11.1 Å². The number of benzene rings is 3. The first-order valence-electron chi connectivity index (χ1n) is 12.1. The highest BCUT2D eigenvalue weighted by atomic mass is 19.4. The van der Waals surface area contributed by atoms with Gasteiger partial charge in [-0.1, -0.05) is 24.1 Å². The zero-order valence-electron chi connectivity index (χ0n) is 20.9. The Morgan fingerprint density at radius 2 is 1.74 bits per heavy atom. The molecule has 3 aromatic rings. The minimum absolute atomic E-state index is 0.0588. The molecule has 0 aliphatic carbocycles. The van der Waals surface area contributed by atoms with Crippen molar-refractivity contribution in [3.63, 3.8) is 0 Å². The molecule has 0 saturated carbocycles. The van der Waals surface area contributed by atoms with Gasteiger partial charge in [-0.05, 0) is 54.1 Å². The maximum Gasteiger partial charge on any atom is 0.416 e. The molecule has 0 radical (unpaired) electrons. The number of hydrogen-bond acceptors (Lipinski definition) is 4. The lowest BCUT2D eigenvalue weighted by Gasteiger charge is -2.58. The number of amides is 2. The topological polar surface area (TPSA) is 55.9 Å². The molecule has 10 heteroatoms. The van der Waals surface area contributed by atoms with Gasteiger partial charge in [-0.25, -0.2) is 4.39 Å². The molecule has 5 rings (SSSR count). The van der Waals surface area contributed by atoms with E-state index in [-0.39, 0.29) is 25.3 Å². The molecule has 39 heavy (non-hydrogen) atoms. The number of nitrogens with zero attached hydrogens (tertiary/aromatic N) is 3. The lowest BCUT2D eigenvalue weighted by molar-refractivity contribution is -0.153. The zero-order chi connectivity index (χ0) is 27.9. The smallest absolute Gasteiger partial charge is 0.388 e. The Labute approximate surface area is 222 Å². The average Bonchev–Trinajstić information content (AvgIpc) is 2.89. The molecule has 2 heterocycles. The van der Waals surface area contributed by atoms with Crippen LogP contribution in [0.15, 0.2) is 66.7 Å². The Balaban J connectivity index is 1.49. The van der Waals surface area contributed by atoms with Crippen LogP contribution in [0, 0.1) is 18.2 Å². The molecule has 3 aromatic carbocycles. The molecular formula is C29H24F4N4O2. The third kappa shape index (κ3) is 4.65. The SMILES string of the molecule is C#Cc1ccc(N2CC(=O)N(Cc3ccc(C(F)(F)F)cc3)C3(CN(c4cccc(NC)c4)C3)C2=O)c(F)c1. The molecule has 1 N–H and O–H groups in total. The number of hydrogen-bond donors (Lipinski definition) is 1. The van der Waals surface area contributed by atoms with Gasteiger partial charge in [0.2, 0.25) is 5.91 Å². The van der Waals surface area contributed by atoms with Crippen molar-refractivity contribution in [2.24, 2.45) is 0 Å². The van der Waals surface area contributed by atoms with Gasteiger partial charge in [0, 0.05) is 30.5 Å². The van der Waals surface area contributed by atoms with Crippen molar-refractivity contribution in [3.8, 4) is 12.3 Å². The van der Waals surface area contributed by atoms with Gasteiger partial charge in [-0.15, -0.1) is 6.42 Å². The Morgan fingerprint density at radius 1 is 1.03 bits per heavy atom. The number of alkyl halides is 3. The summed E-state index contributed by atoms with van der Waals surface area (Å²) in [5.74, 6) is 0.695. The van der Waals surface area contributed by atoms with Crippen LogP contribution in [0.4, 0.5) is 34.6 Å². The van der Waals surface area contributed by atoms with Gasteiger partial charge in [-0.2, -0.15) is 13.2 Å². The predicted octanol–water partition coefficient (Wildman–Crippen LogP) is 4.50. The van der Waals surface area contributed by atoms with Gasteiger partial charge in [0.05, 0.1) is 24.3 Å². The summed E-state index contributed by atoms with van der Waals surface area (Å²) in [7, 11) is 1.78. The fraction of sp³-hybridized carbons (Fsp3) is 0.241. The standard InChI is InChI=1S/C29H24F4N4O2/c1-3-19-9-12-25(24(30)13-19)36-16-26(38)37(15-20-7-10-21(11-8-20)29(31,32)33)28(27(36)39)17-35(18-28)23-6-4-5-22(14-23)34-2/h1,4-14,34H,15-18H2,2H3. The van der Waals surface area contributed by atoms with E-state index in [4.69, 9.17) is 6.42 Å². The first-order valence-corrected chi connectivity index (χ1v) is 12.1. The number of terminal acetylenes is 1. The summed E-state index contributed by atoms with van der Waals surface area (Å²) in [4.78, 5) is 32.0. The molecule has 200 valence electrons. The molecule has 0 unspecified atom stereocenters. The quantitative estimate of drug-likeness (QED) is 0.386. The summed E-state index contributed by atoms with van der Waals surface area (Å²) in [6, 6.07) is 16.0. The summed E-state index contributed by atoms with van der Waals surface area (Å²) in [5, 5.41) is 3.06. The zero-order valence-corrected chi connectivity index (χ0v) is 20.9. The van der Waals surface area contributed by atoms with Crippen LogP contribution in [0.1, 0.15) is 16.7 Å². The van der Waals surface area contributed by atoms with Crippen molar-refractivity contribution < 1.29 is 27.2 Å². The molecule has 2 amide bonds. The molecule has 0 atom stereocenters. The van der Waals surface area contributed by atoms with E-state index in [1.54, 1.807) is 7.05 Å². The minimum atomic E-state index is -4.49. The van der Waals surface area contributed by atoms with E-state index >= 15 is 0 Å². The van der Waals surface area contributed by atoms with Crippen molar-refractivity contribution in [3.05, 3.63) is 89.2 Å². The van der Waals surface area contributed by atoms with E-state index in [0.717, 1.165) is 34.5 Å². The van der Waals surface area contributed by atoms with Crippen LogP contribution < -0.4 is 15.1 Å². The molecule has 2 aliphatic heterocycles. The molecule has 0 aromatic heterocycles. The lowest BCUT2D eigenvalue weighted by Crippen LogP contribution is -2.81. The van der Waals surface area contributed by atoms with Crippen LogP contribution in [0.25, 0.3) is 0 Å². The number of nitrogens with one attached hydrogen (secondary N) is 1. The number of anilines is 3. The molecule has 1 spiro atoms. The van der Waals surface area contributed by atoms with Gasteiger partial charge in [0.15, 0.2) is 5.54 Å². The first-order chi connectivity index (χ1) is 18.6. The van der Waals surface area contributed by atoms with Crippen LogP contribution in [0.2, 0.25) is 0 Å². The highest BCUT2D eigenvalue weighted by molar-refractivity contribution is 6.11. The fourth-order valence-electron chi connectivity index (χ4n) is 5.06. The number of carbonyl (C=O) groups is 2. The van der Waals surface area contributed by atoms with Crippen molar-refractivity contribution in [1.29, 1.82) is 0 Å². The van der Waals surface area contributed by atoms with E-state index < -0.39 is 41.5 Å². The second-order valence-electron chi connectivity index (χ2n) is 9.56.